The number of rotatable bonds is 0. The predicted molar refractivity (Wildman–Crippen MR) is 125 cm³/mol. The van der Waals surface area contributed by atoms with Gasteiger partial charge >= 0.3 is 207 Å². The monoisotopic (exact) mass is 688 g/mol. The SMILES string of the molecule is Brc1ccc2c3c1Sc1c(Br)ccc4c1C=C1[C](=CSC14)[Zr+2][C]1=CSC2C1=C3.[Cl-].[Cl-]. The van der Waals surface area contributed by atoms with E-state index in [1.165, 1.54) is 41.0 Å². The minimum atomic E-state index is -0.804. The number of allylic oxidation sites excluding steroid dienone is 2. The maximum atomic E-state index is 3.86. The van der Waals surface area contributed by atoms with Crippen molar-refractivity contribution < 1.29 is 48.0 Å². The third-order valence-electron chi connectivity index (χ3n) is 5.83. The Balaban J connectivity index is 0.000000963. The molecule has 0 radical (unpaired) electrons. The van der Waals surface area contributed by atoms with Crippen LogP contribution in [-0.4, -0.2) is 0 Å². The molecule has 30 heavy (non-hydrogen) atoms. The first kappa shape index (κ1) is 22.7. The predicted octanol–water partition coefficient (Wildman–Crippen LogP) is 2.52. The van der Waals surface area contributed by atoms with Crippen LogP contribution in [0, 0.1) is 0 Å². The molecule has 0 nitrogen and oxygen atoms in total. The molecule has 8 heteroatoms. The van der Waals surface area contributed by atoms with E-state index in [1.807, 2.05) is 35.3 Å². The van der Waals surface area contributed by atoms with Gasteiger partial charge in [-0.2, -0.15) is 0 Å². The summed E-state index contributed by atoms with van der Waals surface area (Å²) < 4.78 is 5.75. The summed E-state index contributed by atoms with van der Waals surface area (Å²) in [7, 11) is 0. The van der Waals surface area contributed by atoms with Gasteiger partial charge in [0.15, 0.2) is 0 Å². The van der Waals surface area contributed by atoms with Crippen LogP contribution in [0.2, 0.25) is 0 Å². The van der Waals surface area contributed by atoms with E-state index in [4.69, 9.17) is 0 Å². The van der Waals surface area contributed by atoms with Crippen molar-refractivity contribution in [3.63, 3.8) is 0 Å². The van der Waals surface area contributed by atoms with Crippen LogP contribution >= 0.6 is 67.1 Å². The number of fused-ring (bicyclic) bond motifs is 2. The van der Waals surface area contributed by atoms with Crippen LogP contribution in [0.1, 0.15) is 32.8 Å². The average Bonchev–Trinajstić information content (AvgIpc) is 3.41. The number of benzene rings is 2. The molecule has 0 saturated carbocycles. The van der Waals surface area contributed by atoms with Crippen molar-refractivity contribution in [2.24, 2.45) is 0 Å². The molecule has 7 rings (SSSR count). The fourth-order valence-corrected chi connectivity index (χ4v) is 14.0. The van der Waals surface area contributed by atoms with Crippen molar-refractivity contribution in [3.8, 4) is 0 Å². The second-order valence-corrected chi connectivity index (χ2v) is 15.2. The molecule has 4 bridgehead atoms. The Morgan fingerprint density at radius 2 is 1.17 bits per heavy atom. The summed E-state index contributed by atoms with van der Waals surface area (Å²) in [6.45, 7) is 0. The van der Waals surface area contributed by atoms with E-state index in [-0.39, 0.29) is 24.8 Å². The molecule has 2 aliphatic carbocycles. The van der Waals surface area contributed by atoms with Gasteiger partial charge in [0.1, 0.15) is 0 Å². The Morgan fingerprint density at radius 1 is 0.700 bits per heavy atom. The minimum absolute atomic E-state index is 0. The summed E-state index contributed by atoms with van der Waals surface area (Å²) in [5.74, 6) is 0. The fourth-order valence-electron chi connectivity index (χ4n) is 4.53. The third kappa shape index (κ3) is 3.11. The largest absolute Gasteiger partial charge is 1.00 e. The quantitative estimate of drug-likeness (QED) is 0.417. The van der Waals surface area contributed by atoms with Gasteiger partial charge in [-0.15, -0.1) is 0 Å². The molecule has 0 N–H and O–H groups in total. The standard InChI is InChI=1S/C22H10Br2S3.2ClH.Zr/c23-17-3-1-13-15(9-11-5-7-25-19(11)13)21(17)27-22-16-10-12-6-8-26-20(12)14(16)2-4-18(22)24;;;/h1-4,7-10,19-20H;2*1H;/q;;;+2/p-2. The van der Waals surface area contributed by atoms with Crippen molar-refractivity contribution in [1.82, 2.24) is 0 Å². The summed E-state index contributed by atoms with van der Waals surface area (Å²) >= 11 is 12.9. The zero-order chi connectivity index (χ0) is 18.6. The van der Waals surface area contributed by atoms with E-state index < -0.39 is 23.2 Å². The molecule has 2 aromatic carbocycles. The molecule has 2 aromatic rings. The molecule has 0 amide bonds. The van der Waals surface area contributed by atoms with Crippen molar-refractivity contribution in [3.05, 3.63) is 84.0 Å². The summed E-state index contributed by atoms with van der Waals surface area (Å²) in [5.41, 5.74) is 9.01. The molecule has 0 fully saturated rings. The fraction of sp³-hybridized carbons (Fsp3) is 0.0909. The zero-order valence-corrected chi connectivity index (χ0v) is 24.6. The first-order chi connectivity index (χ1) is 13.7. The summed E-state index contributed by atoms with van der Waals surface area (Å²) in [4.78, 5) is 2.72. The minimum Gasteiger partial charge on any atom is -1.00 e. The maximum absolute atomic E-state index is 3.86. The molecule has 0 saturated heterocycles. The number of thioether (sulfide) groups is 2. The Bertz CT molecular complexity index is 1170. The van der Waals surface area contributed by atoms with Gasteiger partial charge in [-0.05, 0) is 0 Å². The van der Waals surface area contributed by atoms with Crippen LogP contribution < -0.4 is 24.8 Å². The van der Waals surface area contributed by atoms with Crippen molar-refractivity contribution >= 4 is 79.3 Å². The molecule has 0 spiro atoms. The zero-order valence-electron chi connectivity index (χ0n) is 15.0. The van der Waals surface area contributed by atoms with Crippen LogP contribution in [-0.2, 0) is 23.2 Å². The van der Waals surface area contributed by atoms with E-state index in [0.717, 1.165) is 0 Å². The van der Waals surface area contributed by atoms with Gasteiger partial charge < -0.3 is 24.8 Å². The van der Waals surface area contributed by atoms with Gasteiger partial charge in [-0.25, -0.2) is 0 Å². The van der Waals surface area contributed by atoms with Gasteiger partial charge in [-0.3, -0.25) is 0 Å². The van der Waals surface area contributed by atoms with E-state index >= 15 is 0 Å². The van der Waals surface area contributed by atoms with Gasteiger partial charge in [0.25, 0.3) is 0 Å². The van der Waals surface area contributed by atoms with Crippen LogP contribution in [0.3, 0.4) is 0 Å². The van der Waals surface area contributed by atoms with E-state index in [9.17, 15) is 0 Å². The van der Waals surface area contributed by atoms with Crippen molar-refractivity contribution in [2.75, 3.05) is 0 Å². The maximum Gasteiger partial charge on any atom is -1.00 e. The van der Waals surface area contributed by atoms with Crippen LogP contribution in [0.4, 0.5) is 0 Å². The van der Waals surface area contributed by atoms with Crippen LogP contribution in [0.15, 0.2) is 71.5 Å². The van der Waals surface area contributed by atoms with Crippen LogP contribution in [0.5, 0.6) is 0 Å². The molecule has 2 atom stereocenters. The molecular weight excluding hydrogens is 682 g/mol. The van der Waals surface area contributed by atoms with Crippen molar-refractivity contribution in [1.29, 1.82) is 0 Å². The summed E-state index contributed by atoms with van der Waals surface area (Å²) in [6.07, 6.45) is 5.00. The summed E-state index contributed by atoms with van der Waals surface area (Å²) in [6, 6.07) is 9.15. The molecule has 148 valence electrons. The number of halogens is 4. The number of hydrogen-bond acceptors (Lipinski definition) is 3. The Hall–Kier alpha value is 0.873. The third-order valence-corrected chi connectivity index (χ3v) is 15.8. The van der Waals surface area contributed by atoms with E-state index in [0.29, 0.717) is 10.5 Å². The normalized spacial score (nSPS) is 22.9. The van der Waals surface area contributed by atoms with Crippen LogP contribution in [0.25, 0.3) is 12.2 Å². The van der Waals surface area contributed by atoms with Gasteiger partial charge in [0, 0.05) is 0 Å². The Labute approximate surface area is 228 Å². The summed E-state index contributed by atoms with van der Waals surface area (Å²) in [5, 5.41) is 5.98. The second-order valence-electron chi connectivity index (χ2n) is 7.28. The Morgan fingerprint density at radius 3 is 1.63 bits per heavy atom. The smallest absolute Gasteiger partial charge is 1.00 e. The van der Waals surface area contributed by atoms with Crippen molar-refractivity contribution in [2.45, 2.75) is 20.3 Å². The van der Waals surface area contributed by atoms with Gasteiger partial charge in [0.2, 0.25) is 0 Å². The molecule has 0 aromatic heterocycles. The molecule has 3 aliphatic heterocycles. The number of hydrogen-bond donors (Lipinski definition) is 0. The molecule has 3 heterocycles. The molecule has 5 aliphatic rings. The van der Waals surface area contributed by atoms with E-state index in [2.05, 4.69) is 79.1 Å². The average molecular weight is 692 g/mol. The topological polar surface area (TPSA) is 0 Å². The Kier molecular flexibility index (Phi) is 6.25. The molecular formula is C22H10Br2Cl2S3Zr. The molecule has 2 unspecified atom stereocenters. The van der Waals surface area contributed by atoms with Gasteiger partial charge in [-0.1, -0.05) is 0 Å². The first-order valence-electron chi connectivity index (χ1n) is 8.94. The first-order valence-corrected chi connectivity index (χ1v) is 15.7. The van der Waals surface area contributed by atoms with E-state index in [1.54, 1.807) is 17.7 Å². The second kappa shape index (κ2) is 8.27. The van der Waals surface area contributed by atoms with Gasteiger partial charge in [0.05, 0.1) is 0 Å².